The van der Waals surface area contributed by atoms with E-state index in [4.69, 9.17) is 4.74 Å². The van der Waals surface area contributed by atoms with E-state index in [0.717, 1.165) is 21.9 Å². The van der Waals surface area contributed by atoms with Gasteiger partial charge < -0.3 is 9.84 Å². The van der Waals surface area contributed by atoms with Gasteiger partial charge in [0.05, 0.1) is 13.2 Å². The third kappa shape index (κ3) is 3.98. The van der Waals surface area contributed by atoms with Crippen LogP contribution in [-0.4, -0.2) is 27.2 Å². The summed E-state index contributed by atoms with van der Waals surface area (Å²) in [7, 11) is -2.40. The van der Waals surface area contributed by atoms with Crippen molar-refractivity contribution in [3.63, 3.8) is 0 Å². The molecule has 1 atom stereocenters. The van der Waals surface area contributed by atoms with Crippen molar-refractivity contribution in [3.8, 4) is 5.75 Å². The maximum absolute atomic E-state index is 12.8. The maximum atomic E-state index is 12.8. The first kappa shape index (κ1) is 19.4. The predicted octanol–water partition coefficient (Wildman–Crippen LogP) is 3.48. The van der Waals surface area contributed by atoms with Crippen LogP contribution in [0.5, 0.6) is 5.75 Å². The van der Waals surface area contributed by atoms with Crippen LogP contribution in [0.15, 0.2) is 59.5 Å². The Hall–Kier alpha value is -2.41. The summed E-state index contributed by atoms with van der Waals surface area (Å²) < 4.78 is 33.3. The Morgan fingerprint density at radius 2 is 1.70 bits per heavy atom. The fourth-order valence-corrected chi connectivity index (χ4v) is 4.32. The van der Waals surface area contributed by atoms with Crippen molar-refractivity contribution in [2.24, 2.45) is 0 Å². The molecule has 0 fully saturated rings. The van der Waals surface area contributed by atoms with Crippen molar-refractivity contribution in [2.45, 2.75) is 24.8 Å². The fraction of sp³-hybridized carbons (Fsp3) is 0.238. The van der Waals surface area contributed by atoms with E-state index in [9.17, 15) is 13.5 Å². The SMILES string of the molecule is COc1cc(C)c(C)cc1S(=O)(=O)NC[C@@H](O)c1cccc2ccccc12. The molecule has 0 saturated heterocycles. The van der Waals surface area contributed by atoms with Crippen molar-refractivity contribution < 1.29 is 18.3 Å². The molecule has 0 unspecified atom stereocenters. The van der Waals surface area contributed by atoms with Crippen LogP contribution in [0.3, 0.4) is 0 Å². The molecule has 5 nitrogen and oxygen atoms in total. The molecule has 6 heteroatoms. The monoisotopic (exact) mass is 385 g/mol. The summed E-state index contributed by atoms with van der Waals surface area (Å²) in [6.45, 7) is 3.61. The molecule has 0 aromatic heterocycles. The standard InChI is InChI=1S/C21H23NO4S/c1-14-11-20(26-3)21(12-15(14)2)27(24,25)22-13-19(23)18-10-6-8-16-7-4-5-9-17(16)18/h4-12,19,22-23H,13H2,1-3H3/t19-/m1/s1. The van der Waals surface area contributed by atoms with Crippen molar-refractivity contribution in [1.29, 1.82) is 0 Å². The number of rotatable bonds is 6. The van der Waals surface area contributed by atoms with Gasteiger partial charge in [0.1, 0.15) is 10.6 Å². The topological polar surface area (TPSA) is 75.6 Å². The van der Waals surface area contributed by atoms with E-state index >= 15 is 0 Å². The Morgan fingerprint density at radius 1 is 1.04 bits per heavy atom. The first-order chi connectivity index (χ1) is 12.8. The Balaban J connectivity index is 1.86. The molecule has 3 rings (SSSR count). The van der Waals surface area contributed by atoms with Gasteiger partial charge in [0, 0.05) is 6.54 Å². The molecule has 0 radical (unpaired) electrons. The first-order valence-electron chi connectivity index (χ1n) is 8.64. The molecule has 2 N–H and O–H groups in total. The lowest BCUT2D eigenvalue weighted by Gasteiger charge is -2.17. The van der Waals surface area contributed by atoms with Gasteiger partial charge in [0.15, 0.2) is 0 Å². The molecule has 0 amide bonds. The average Bonchev–Trinajstić information content (AvgIpc) is 2.67. The number of hydrogen-bond donors (Lipinski definition) is 2. The summed E-state index contributed by atoms with van der Waals surface area (Å²) in [5.74, 6) is 0.283. The number of hydrogen-bond acceptors (Lipinski definition) is 4. The van der Waals surface area contributed by atoms with Gasteiger partial charge in [0.25, 0.3) is 0 Å². The summed E-state index contributed by atoms with van der Waals surface area (Å²) in [5, 5.41) is 12.5. The maximum Gasteiger partial charge on any atom is 0.244 e. The van der Waals surface area contributed by atoms with Gasteiger partial charge >= 0.3 is 0 Å². The number of methoxy groups -OCH3 is 1. The Bertz CT molecular complexity index is 1070. The highest BCUT2D eigenvalue weighted by atomic mass is 32.2. The minimum absolute atomic E-state index is 0.0678. The molecule has 0 spiro atoms. The molecule has 0 bridgehead atoms. The van der Waals surface area contributed by atoms with Crippen LogP contribution < -0.4 is 9.46 Å². The second-order valence-corrected chi connectivity index (χ2v) is 8.26. The average molecular weight is 385 g/mol. The minimum Gasteiger partial charge on any atom is -0.495 e. The molecule has 0 aliphatic rings. The molecular formula is C21H23NO4S. The molecule has 142 valence electrons. The number of aliphatic hydroxyl groups is 1. The third-order valence-corrected chi connectivity index (χ3v) is 6.16. The summed E-state index contributed by atoms with van der Waals surface area (Å²) in [6, 6.07) is 16.6. The fourth-order valence-electron chi connectivity index (χ4n) is 3.05. The summed E-state index contributed by atoms with van der Waals surface area (Å²) in [6.07, 6.45) is -0.969. The Morgan fingerprint density at radius 3 is 2.44 bits per heavy atom. The van der Waals surface area contributed by atoms with Gasteiger partial charge in [0.2, 0.25) is 10.0 Å². The van der Waals surface area contributed by atoms with Gasteiger partial charge in [-0.05, 0) is 53.4 Å². The lowest BCUT2D eigenvalue weighted by atomic mass is 10.0. The van der Waals surface area contributed by atoms with E-state index in [1.807, 2.05) is 50.2 Å². The van der Waals surface area contributed by atoms with Gasteiger partial charge in [-0.2, -0.15) is 0 Å². The van der Waals surface area contributed by atoms with E-state index in [0.29, 0.717) is 5.56 Å². The van der Waals surface area contributed by atoms with Crippen LogP contribution in [0.4, 0.5) is 0 Å². The van der Waals surface area contributed by atoms with E-state index in [-0.39, 0.29) is 17.2 Å². The van der Waals surface area contributed by atoms with Crippen molar-refractivity contribution in [3.05, 3.63) is 71.3 Å². The highest BCUT2D eigenvalue weighted by Gasteiger charge is 2.22. The summed E-state index contributed by atoms with van der Waals surface area (Å²) in [5.41, 5.74) is 2.48. The predicted molar refractivity (Wildman–Crippen MR) is 107 cm³/mol. The van der Waals surface area contributed by atoms with E-state index < -0.39 is 16.1 Å². The lowest BCUT2D eigenvalue weighted by molar-refractivity contribution is 0.183. The number of fused-ring (bicyclic) bond motifs is 1. The smallest absolute Gasteiger partial charge is 0.244 e. The van der Waals surface area contributed by atoms with Crippen LogP contribution in [-0.2, 0) is 10.0 Å². The zero-order valence-electron chi connectivity index (χ0n) is 15.6. The van der Waals surface area contributed by atoms with Gasteiger partial charge in [-0.1, -0.05) is 42.5 Å². The molecule has 27 heavy (non-hydrogen) atoms. The number of benzene rings is 3. The molecule has 0 aliphatic heterocycles. The van der Waals surface area contributed by atoms with Crippen LogP contribution in [0.2, 0.25) is 0 Å². The van der Waals surface area contributed by atoms with Gasteiger partial charge in [-0.25, -0.2) is 13.1 Å². The van der Waals surface area contributed by atoms with E-state index in [2.05, 4.69) is 4.72 Å². The number of nitrogens with one attached hydrogen (secondary N) is 1. The largest absolute Gasteiger partial charge is 0.495 e. The highest BCUT2D eigenvalue weighted by molar-refractivity contribution is 7.89. The van der Waals surface area contributed by atoms with Gasteiger partial charge in [-0.3, -0.25) is 0 Å². The molecule has 3 aromatic rings. The second kappa shape index (κ2) is 7.68. The van der Waals surface area contributed by atoms with E-state index in [1.165, 1.54) is 7.11 Å². The quantitative estimate of drug-likeness (QED) is 0.681. The third-order valence-electron chi connectivity index (χ3n) is 4.72. The Labute approximate surface area is 159 Å². The van der Waals surface area contributed by atoms with Crippen LogP contribution >= 0.6 is 0 Å². The molecule has 0 aliphatic carbocycles. The van der Waals surface area contributed by atoms with Crippen molar-refractivity contribution >= 4 is 20.8 Å². The number of ether oxygens (including phenoxy) is 1. The molecular weight excluding hydrogens is 362 g/mol. The van der Waals surface area contributed by atoms with Crippen molar-refractivity contribution in [2.75, 3.05) is 13.7 Å². The second-order valence-electron chi connectivity index (χ2n) is 6.52. The van der Waals surface area contributed by atoms with Crippen LogP contribution in [0.25, 0.3) is 10.8 Å². The zero-order chi connectivity index (χ0) is 19.6. The number of aryl methyl sites for hydroxylation is 2. The minimum atomic E-state index is -3.83. The van der Waals surface area contributed by atoms with E-state index in [1.54, 1.807) is 18.2 Å². The normalized spacial score (nSPS) is 12.9. The zero-order valence-corrected chi connectivity index (χ0v) is 16.4. The highest BCUT2D eigenvalue weighted by Crippen LogP contribution is 2.28. The van der Waals surface area contributed by atoms with Gasteiger partial charge in [-0.15, -0.1) is 0 Å². The summed E-state index contributed by atoms with van der Waals surface area (Å²) >= 11 is 0. The van der Waals surface area contributed by atoms with Crippen LogP contribution in [0.1, 0.15) is 22.8 Å². The van der Waals surface area contributed by atoms with Crippen LogP contribution in [0, 0.1) is 13.8 Å². The molecule has 3 aromatic carbocycles. The lowest BCUT2D eigenvalue weighted by Crippen LogP contribution is -2.29. The molecule has 0 heterocycles. The number of sulfonamides is 1. The molecule has 0 saturated carbocycles. The Kier molecular flexibility index (Phi) is 5.51. The number of aliphatic hydroxyl groups excluding tert-OH is 1. The first-order valence-corrected chi connectivity index (χ1v) is 10.1. The summed E-state index contributed by atoms with van der Waals surface area (Å²) in [4.78, 5) is 0.0678. The van der Waals surface area contributed by atoms with Crippen molar-refractivity contribution in [1.82, 2.24) is 4.72 Å².